The van der Waals surface area contributed by atoms with Gasteiger partial charge in [-0.1, -0.05) is 84.0 Å². The summed E-state index contributed by atoms with van der Waals surface area (Å²) in [5.41, 5.74) is 3.77. The Bertz CT molecular complexity index is 1180. The summed E-state index contributed by atoms with van der Waals surface area (Å²) in [4.78, 5) is 13.3. The van der Waals surface area contributed by atoms with E-state index in [1.54, 1.807) is 0 Å². The number of anilines is 1. The third kappa shape index (κ3) is 5.29. The lowest BCUT2D eigenvalue weighted by atomic mass is 9.75. The van der Waals surface area contributed by atoms with Crippen molar-refractivity contribution in [1.29, 1.82) is 0 Å². The number of ether oxygens (including phenoxy) is 2. The minimum atomic E-state index is -0.293. The number of hydrogen-bond donors (Lipinski definition) is 2. The molecule has 0 saturated heterocycles. The Morgan fingerprint density at radius 2 is 1.54 bits per heavy atom. The van der Waals surface area contributed by atoms with E-state index in [-0.39, 0.29) is 35.9 Å². The van der Waals surface area contributed by atoms with Crippen LogP contribution in [0.2, 0.25) is 0 Å². The first kappa shape index (κ1) is 24.6. The van der Waals surface area contributed by atoms with E-state index in [0.717, 1.165) is 27.9 Å². The predicted octanol–water partition coefficient (Wildman–Crippen LogP) is 6.88. The van der Waals surface area contributed by atoms with Gasteiger partial charge in [0, 0.05) is 23.6 Å². The van der Waals surface area contributed by atoms with Crippen molar-refractivity contribution < 1.29 is 19.4 Å². The second kappa shape index (κ2) is 9.29. The molecule has 1 aliphatic rings. The first-order chi connectivity index (χ1) is 16.4. The Morgan fingerprint density at radius 1 is 0.914 bits per heavy atom. The molecular formula is C30H35NO4. The fourth-order valence-corrected chi connectivity index (χ4v) is 4.55. The molecule has 3 aromatic carbocycles. The molecule has 1 atom stereocenters. The van der Waals surface area contributed by atoms with Gasteiger partial charge in [-0.2, -0.15) is 0 Å². The molecule has 1 heterocycles. The van der Waals surface area contributed by atoms with Gasteiger partial charge in [-0.3, -0.25) is 4.79 Å². The largest absolute Gasteiger partial charge is 0.507 e. The first-order valence-corrected chi connectivity index (χ1v) is 12.1. The average Bonchev–Trinajstić information content (AvgIpc) is 3.26. The summed E-state index contributed by atoms with van der Waals surface area (Å²) in [5.74, 6) is 1.28. The van der Waals surface area contributed by atoms with Gasteiger partial charge in [-0.05, 0) is 45.7 Å². The number of aromatic hydroxyl groups is 1. The van der Waals surface area contributed by atoms with Crippen molar-refractivity contribution in [3.05, 3.63) is 82.9 Å². The first-order valence-electron chi connectivity index (χ1n) is 12.1. The molecule has 3 aromatic rings. The molecule has 4 rings (SSSR count). The molecule has 0 radical (unpaired) electrons. The van der Waals surface area contributed by atoms with Crippen molar-refractivity contribution in [2.75, 3.05) is 12.1 Å². The van der Waals surface area contributed by atoms with Crippen LogP contribution in [0, 0.1) is 0 Å². The van der Waals surface area contributed by atoms with Crippen LogP contribution in [0.4, 0.5) is 5.69 Å². The third-order valence-corrected chi connectivity index (χ3v) is 6.40. The van der Waals surface area contributed by atoms with Crippen LogP contribution in [0.25, 0.3) is 0 Å². The molecule has 35 heavy (non-hydrogen) atoms. The molecule has 1 unspecified atom stereocenters. The molecule has 0 aromatic heterocycles. The molecule has 1 aliphatic heterocycles. The van der Waals surface area contributed by atoms with Crippen LogP contribution >= 0.6 is 0 Å². The molecule has 0 spiro atoms. The Labute approximate surface area is 208 Å². The Balaban J connectivity index is 1.85. The maximum absolute atomic E-state index is 13.3. The molecule has 5 nitrogen and oxygen atoms in total. The van der Waals surface area contributed by atoms with Gasteiger partial charge in [0.2, 0.25) is 12.7 Å². The minimum Gasteiger partial charge on any atom is -0.507 e. The maximum Gasteiger partial charge on any atom is 0.231 e. The lowest BCUT2D eigenvalue weighted by Gasteiger charge is -2.30. The fraction of sp³-hybridized carbons (Fsp3) is 0.367. The number of carbonyl (C=O) groups is 1. The van der Waals surface area contributed by atoms with Crippen molar-refractivity contribution in [2.24, 2.45) is 0 Å². The van der Waals surface area contributed by atoms with E-state index in [1.165, 1.54) is 0 Å². The fourth-order valence-electron chi connectivity index (χ4n) is 4.55. The Kier molecular flexibility index (Phi) is 6.54. The monoisotopic (exact) mass is 473 g/mol. The number of benzene rings is 3. The highest BCUT2D eigenvalue weighted by molar-refractivity contribution is 5.91. The van der Waals surface area contributed by atoms with Gasteiger partial charge in [0.15, 0.2) is 11.5 Å². The lowest BCUT2D eigenvalue weighted by Crippen LogP contribution is -2.21. The van der Waals surface area contributed by atoms with Gasteiger partial charge in [0.05, 0.1) is 0 Å². The maximum atomic E-state index is 13.3. The Morgan fingerprint density at radius 3 is 2.14 bits per heavy atom. The summed E-state index contributed by atoms with van der Waals surface area (Å²) in [7, 11) is 0. The third-order valence-electron chi connectivity index (χ3n) is 6.40. The summed E-state index contributed by atoms with van der Waals surface area (Å²) >= 11 is 0. The normalized spacial score (nSPS) is 14.0. The van der Waals surface area contributed by atoms with Crippen LogP contribution in [0.3, 0.4) is 0 Å². The number of phenols is 1. The average molecular weight is 474 g/mol. The number of phenolic OH excluding ortho intramolecular Hbond substituents is 1. The summed E-state index contributed by atoms with van der Waals surface area (Å²) in [5, 5.41) is 14.3. The van der Waals surface area contributed by atoms with E-state index in [1.807, 2.05) is 60.7 Å². The number of fused-ring (bicyclic) bond motifs is 1. The minimum absolute atomic E-state index is 0.0968. The second-order valence-corrected chi connectivity index (χ2v) is 11.2. The highest BCUT2D eigenvalue weighted by Crippen LogP contribution is 2.46. The van der Waals surface area contributed by atoms with Crippen LogP contribution in [-0.2, 0) is 15.6 Å². The summed E-state index contributed by atoms with van der Waals surface area (Å²) in [6.07, 6.45) is 0.215. The van der Waals surface area contributed by atoms with Gasteiger partial charge < -0.3 is 19.9 Å². The van der Waals surface area contributed by atoms with Crippen LogP contribution in [-0.4, -0.2) is 17.8 Å². The number of amides is 1. The lowest BCUT2D eigenvalue weighted by molar-refractivity contribution is -0.116. The van der Waals surface area contributed by atoms with Gasteiger partial charge in [0.25, 0.3) is 0 Å². The SMILES string of the molecule is CC(C)(C)c1cc(C(CC(=O)Nc2ccccc2)c2cccc3c2OCO3)cc(C(C)(C)C)c1O. The van der Waals surface area contributed by atoms with Crippen LogP contribution < -0.4 is 14.8 Å². The van der Waals surface area contributed by atoms with E-state index in [0.29, 0.717) is 17.2 Å². The van der Waals surface area contributed by atoms with Crippen molar-refractivity contribution in [2.45, 2.75) is 64.7 Å². The predicted molar refractivity (Wildman–Crippen MR) is 140 cm³/mol. The van der Waals surface area contributed by atoms with Crippen molar-refractivity contribution >= 4 is 11.6 Å². The van der Waals surface area contributed by atoms with Crippen molar-refractivity contribution in [3.8, 4) is 17.2 Å². The number of hydrogen-bond acceptors (Lipinski definition) is 4. The quantitative estimate of drug-likeness (QED) is 0.424. The molecule has 0 fully saturated rings. The van der Waals surface area contributed by atoms with Crippen LogP contribution in [0.1, 0.15) is 76.1 Å². The van der Waals surface area contributed by atoms with Gasteiger partial charge in [0.1, 0.15) is 5.75 Å². The van der Waals surface area contributed by atoms with Gasteiger partial charge in [-0.15, -0.1) is 0 Å². The van der Waals surface area contributed by atoms with Crippen LogP contribution in [0.5, 0.6) is 17.2 Å². The zero-order valence-corrected chi connectivity index (χ0v) is 21.4. The summed E-state index contributed by atoms with van der Waals surface area (Å²) < 4.78 is 11.5. The molecule has 2 N–H and O–H groups in total. The molecule has 1 amide bonds. The molecule has 0 saturated carbocycles. The van der Waals surface area contributed by atoms with E-state index < -0.39 is 0 Å². The van der Waals surface area contributed by atoms with Gasteiger partial charge in [-0.25, -0.2) is 0 Å². The standard InChI is InChI=1S/C30H35NO4/c1-29(2,3)23-15-19(16-24(27(23)33)30(4,5)6)22(17-26(32)31-20-11-8-7-9-12-20)21-13-10-14-25-28(21)35-18-34-25/h7-16,22,33H,17-18H2,1-6H3,(H,31,32). The van der Waals surface area contributed by atoms with E-state index >= 15 is 0 Å². The topological polar surface area (TPSA) is 67.8 Å². The second-order valence-electron chi connectivity index (χ2n) is 11.2. The van der Waals surface area contributed by atoms with Crippen molar-refractivity contribution in [1.82, 2.24) is 0 Å². The van der Waals surface area contributed by atoms with Crippen molar-refractivity contribution in [3.63, 3.8) is 0 Å². The highest BCUT2D eigenvalue weighted by atomic mass is 16.7. The number of nitrogens with one attached hydrogen (secondary N) is 1. The number of carbonyl (C=O) groups excluding carboxylic acids is 1. The summed E-state index contributed by atoms with van der Waals surface area (Å²) in [6.45, 7) is 12.7. The Hall–Kier alpha value is -3.47. The zero-order chi connectivity index (χ0) is 25.4. The summed E-state index contributed by atoms with van der Waals surface area (Å²) in [6, 6.07) is 19.4. The highest BCUT2D eigenvalue weighted by Gasteiger charge is 2.31. The number of rotatable bonds is 5. The molecule has 0 aliphatic carbocycles. The van der Waals surface area contributed by atoms with E-state index in [2.05, 4.69) is 46.9 Å². The molecular weight excluding hydrogens is 438 g/mol. The molecule has 5 heteroatoms. The van der Waals surface area contributed by atoms with Gasteiger partial charge >= 0.3 is 0 Å². The molecule has 184 valence electrons. The number of para-hydroxylation sites is 2. The van der Waals surface area contributed by atoms with E-state index in [9.17, 15) is 9.90 Å². The smallest absolute Gasteiger partial charge is 0.231 e. The van der Waals surface area contributed by atoms with Crippen LogP contribution in [0.15, 0.2) is 60.7 Å². The molecule has 0 bridgehead atoms. The zero-order valence-electron chi connectivity index (χ0n) is 21.4. The van der Waals surface area contributed by atoms with E-state index in [4.69, 9.17) is 9.47 Å².